The first-order valence-corrected chi connectivity index (χ1v) is 13.4. The summed E-state index contributed by atoms with van der Waals surface area (Å²) in [7, 11) is -2.18. The minimum atomic E-state index is -3.55. The van der Waals surface area contributed by atoms with Gasteiger partial charge in [-0.15, -0.1) is 0 Å². The van der Waals surface area contributed by atoms with Crippen molar-refractivity contribution in [2.75, 3.05) is 20.1 Å². The quantitative estimate of drug-likeness (QED) is 0.365. The van der Waals surface area contributed by atoms with Crippen LogP contribution in [-0.4, -0.2) is 50.6 Å². The first-order valence-electron chi connectivity index (χ1n) is 12.0. The number of sulfonamides is 1. The lowest BCUT2D eigenvalue weighted by Gasteiger charge is -2.28. The van der Waals surface area contributed by atoms with Crippen LogP contribution in [0.1, 0.15) is 36.0 Å². The van der Waals surface area contributed by atoms with Crippen LogP contribution in [0.5, 0.6) is 0 Å². The Kier molecular flexibility index (Phi) is 7.85. The van der Waals surface area contributed by atoms with Crippen molar-refractivity contribution in [3.05, 3.63) is 60.2 Å². The molecular weight excluding hydrogens is 480 g/mol. The molecule has 1 aliphatic rings. The van der Waals surface area contributed by atoms with Crippen LogP contribution in [0, 0.1) is 11.8 Å². The van der Waals surface area contributed by atoms with Gasteiger partial charge in [-0.1, -0.05) is 30.3 Å². The van der Waals surface area contributed by atoms with E-state index in [1.54, 1.807) is 18.2 Å². The van der Waals surface area contributed by atoms with Crippen LogP contribution in [-0.2, 0) is 10.0 Å². The largest absolute Gasteiger partial charge is 0.465 e. The van der Waals surface area contributed by atoms with Gasteiger partial charge in [-0.05, 0) is 68.8 Å². The third kappa shape index (κ3) is 6.00. The SMILES string of the molecule is CNS(=O)(=O)c1ccc(-c2cc(C(=O)NC[C@H]3CC[C@H](CNC(=O)O)CC3)c3ccccc3n2)cc1. The molecule has 1 fully saturated rings. The fraction of sp³-hybridized carbons (Fsp3) is 0.346. The van der Waals surface area contributed by atoms with E-state index < -0.39 is 16.1 Å². The van der Waals surface area contributed by atoms with Crippen molar-refractivity contribution in [2.24, 2.45) is 11.8 Å². The summed E-state index contributed by atoms with van der Waals surface area (Å²) >= 11 is 0. The summed E-state index contributed by atoms with van der Waals surface area (Å²) in [6, 6.07) is 15.6. The van der Waals surface area contributed by atoms with Crippen molar-refractivity contribution in [1.82, 2.24) is 20.3 Å². The van der Waals surface area contributed by atoms with Crippen LogP contribution >= 0.6 is 0 Å². The number of aromatic nitrogens is 1. The van der Waals surface area contributed by atoms with Crippen molar-refractivity contribution in [1.29, 1.82) is 0 Å². The lowest BCUT2D eigenvalue weighted by molar-refractivity contribution is 0.0942. The van der Waals surface area contributed by atoms with E-state index in [0.717, 1.165) is 31.1 Å². The Bertz CT molecular complexity index is 1350. The molecule has 190 valence electrons. The number of para-hydroxylation sites is 1. The molecule has 0 bridgehead atoms. The molecular formula is C26H30N4O5S. The lowest BCUT2D eigenvalue weighted by Crippen LogP contribution is -2.34. The first kappa shape index (κ1) is 25.6. The van der Waals surface area contributed by atoms with E-state index in [-0.39, 0.29) is 10.8 Å². The Morgan fingerprint density at radius 3 is 2.17 bits per heavy atom. The number of nitrogens with zero attached hydrogens (tertiary/aromatic N) is 1. The highest BCUT2D eigenvalue weighted by Gasteiger charge is 2.23. The normalized spacial score (nSPS) is 18.0. The molecule has 36 heavy (non-hydrogen) atoms. The van der Waals surface area contributed by atoms with E-state index in [0.29, 0.717) is 47.3 Å². The molecule has 3 aromatic rings. The Hall–Kier alpha value is -3.50. The zero-order valence-electron chi connectivity index (χ0n) is 20.0. The number of fused-ring (bicyclic) bond motifs is 1. The molecule has 2 amide bonds. The van der Waals surface area contributed by atoms with Gasteiger partial charge in [0.15, 0.2) is 0 Å². The summed E-state index contributed by atoms with van der Waals surface area (Å²) in [5, 5.41) is 15.1. The number of carboxylic acid groups (broad SMARTS) is 1. The zero-order valence-corrected chi connectivity index (χ0v) is 20.8. The van der Waals surface area contributed by atoms with E-state index in [1.165, 1.54) is 19.2 Å². The zero-order chi connectivity index (χ0) is 25.7. The maximum Gasteiger partial charge on any atom is 0.404 e. The summed E-state index contributed by atoms with van der Waals surface area (Å²) in [5.41, 5.74) is 2.48. The van der Waals surface area contributed by atoms with Gasteiger partial charge in [-0.3, -0.25) is 4.79 Å². The molecule has 0 spiro atoms. The number of carbonyl (C=O) groups is 2. The van der Waals surface area contributed by atoms with Gasteiger partial charge in [0.2, 0.25) is 10.0 Å². The van der Waals surface area contributed by atoms with Gasteiger partial charge < -0.3 is 15.7 Å². The number of nitrogens with one attached hydrogen (secondary N) is 3. The minimum absolute atomic E-state index is 0.154. The number of hydrogen-bond acceptors (Lipinski definition) is 5. The van der Waals surface area contributed by atoms with Crippen LogP contribution in [0.25, 0.3) is 22.2 Å². The summed E-state index contributed by atoms with van der Waals surface area (Å²) in [6.07, 6.45) is 2.75. The number of carbonyl (C=O) groups excluding carboxylic acids is 1. The lowest BCUT2D eigenvalue weighted by atomic mass is 9.82. The van der Waals surface area contributed by atoms with Gasteiger partial charge in [0.1, 0.15) is 0 Å². The number of benzene rings is 2. The third-order valence-electron chi connectivity index (χ3n) is 6.75. The number of rotatable bonds is 8. The molecule has 4 rings (SSSR count). The Balaban J connectivity index is 1.49. The van der Waals surface area contributed by atoms with Crippen molar-refractivity contribution < 1.29 is 23.1 Å². The summed E-state index contributed by atoms with van der Waals surface area (Å²) in [4.78, 5) is 28.8. The fourth-order valence-corrected chi connectivity index (χ4v) is 5.37. The van der Waals surface area contributed by atoms with Crippen molar-refractivity contribution in [3.8, 4) is 11.3 Å². The molecule has 0 radical (unpaired) electrons. The molecule has 2 aromatic carbocycles. The molecule has 0 aliphatic heterocycles. The molecule has 4 N–H and O–H groups in total. The van der Waals surface area contributed by atoms with Crippen molar-refractivity contribution in [3.63, 3.8) is 0 Å². The van der Waals surface area contributed by atoms with Crippen LogP contribution in [0.4, 0.5) is 4.79 Å². The van der Waals surface area contributed by atoms with Gasteiger partial charge in [0.05, 0.1) is 21.7 Å². The highest BCUT2D eigenvalue weighted by atomic mass is 32.2. The smallest absolute Gasteiger partial charge is 0.404 e. The van der Waals surface area contributed by atoms with Gasteiger partial charge in [-0.25, -0.2) is 22.9 Å². The second-order valence-corrected chi connectivity index (χ2v) is 11.0. The highest BCUT2D eigenvalue weighted by molar-refractivity contribution is 7.89. The first-order chi connectivity index (χ1) is 17.3. The molecule has 1 aliphatic carbocycles. The summed E-state index contributed by atoms with van der Waals surface area (Å²) < 4.78 is 26.4. The number of amides is 2. The van der Waals surface area contributed by atoms with E-state index in [1.807, 2.05) is 24.3 Å². The molecule has 1 aromatic heterocycles. The molecule has 1 heterocycles. The van der Waals surface area contributed by atoms with Crippen LogP contribution in [0.2, 0.25) is 0 Å². The monoisotopic (exact) mass is 510 g/mol. The molecule has 0 atom stereocenters. The topological polar surface area (TPSA) is 137 Å². The number of pyridine rings is 1. The van der Waals surface area contributed by atoms with E-state index in [9.17, 15) is 18.0 Å². The van der Waals surface area contributed by atoms with E-state index >= 15 is 0 Å². The predicted octanol–water partition coefficient (Wildman–Crippen LogP) is 3.61. The fourth-order valence-electron chi connectivity index (χ4n) is 4.64. The maximum absolute atomic E-state index is 13.2. The third-order valence-corrected chi connectivity index (χ3v) is 8.18. The highest BCUT2D eigenvalue weighted by Crippen LogP contribution is 2.29. The Morgan fingerprint density at radius 2 is 1.56 bits per heavy atom. The van der Waals surface area contributed by atoms with Crippen LogP contribution < -0.4 is 15.4 Å². The standard InChI is InChI=1S/C26H30N4O5S/c1-27-36(34,35)20-12-10-19(11-13-20)24-14-22(21-4-2-3-5-23(21)30-24)25(31)28-15-17-6-8-18(9-7-17)16-29-26(32)33/h2-5,10-14,17-18,27,29H,6-9,15-16H2,1H3,(H,28,31)(H,32,33)/t17-,18-. The molecule has 10 heteroatoms. The second kappa shape index (κ2) is 11.0. The van der Waals surface area contributed by atoms with E-state index in [4.69, 9.17) is 10.1 Å². The molecule has 0 saturated heterocycles. The van der Waals surface area contributed by atoms with Gasteiger partial charge in [-0.2, -0.15) is 0 Å². The Morgan fingerprint density at radius 1 is 0.944 bits per heavy atom. The second-order valence-electron chi connectivity index (χ2n) is 9.09. The van der Waals surface area contributed by atoms with Crippen LogP contribution in [0.15, 0.2) is 59.5 Å². The van der Waals surface area contributed by atoms with Gasteiger partial charge in [0, 0.05) is 24.0 Å². The van der Waals surface area contributed by atoms with Crippen molar-refractivity contribution >= 4 is 32.9 Å². The summed E-state index contributed by atoms with van der Waals surface area (Å²) in [5.74, 6) is 0.511. The Labute approximate surface area is 210 Å². The van der Waals surface area contributed by atoms with Crippen molar-refractivity contribution in [2.45, 2.75) is 30.6 Å². The molecule has 1 saturated carbocycles. The maximum atomic E-state index is 13.2. The van der Waals surface area contributed by atoms with E-state index in [2.05, 4.69) is 15.4 Å². The predicted molar refractivity (Wildman–Crippen MR) is 137 cm³/mol. The molecule has 9 nitrogen and oxygen atoms in total. The summed E-state index contributed by atoms with van der Waals surface area (Å²) in [6.45, 7) is 1.03. The number of hydrogen-bond donors (Lipinski definition) is 4. The average Bonchev–Trinajstić information content (AvgIpc) is 2.90. The van der Waals surface area contributed by atoms with Crippen LogP contribution in [0.3, 0.4) is 0 Å². The molecule has 0 unspecified atom stereocenters. The van der Waals surface area contributed by atoms with Gasteiger partial charge >= 0.3 is 6.09 Å². The minimum Gasteiger partial charge on any atom is -0.465 e. The van der Waals surface area contributed by atoms with Gasteiger partial charge in [0.25, 0.3) is 5.91 Å². The average molecular weight is 511 g/mol.